The molecule has 0 aromatic carbocycles. The third-order valence-corrected chi connectivity index (χ3v) is 8.00. The molecule has 0 amide bonds. The molecule has 2 saturated heterocycles. The highest BCUT2D eigenvalue weighted by Gasteiger charge is 2.30. The number of aromatic nitrogens is 2. The van der Waals surface area contributed by atoms with Crippen LogP contribution in [0.2, 0.25) is 0 Å². The van der Waals surface area contributed by atoms with Crippen LogP contribution in [0.25, 0.3) is 10.2 Å². The van der Waals surface area contributed by atoms with Crippen molar-refractivity contribution >= 4 is 27.4 Å². The summed E-state index contributed by atoms with van der Waals surface area (Å²) in [6.45, 7) is 12.1. The number of hydrogen-bond donors (Lipinski definition) is 1. The lowest BCUT2D eigenvalue weighted by atomic mass is 9.96. The quantitative estimate of drug-likeness (QED) is 0.758. The average Bonchev–Trinajstić information content (AvgIpc) is 3.12. The third kappa shape index (κ3) is 4.59. The Hall–Kier alpha value is -1.32. The van der Waals surface area contributed by atoms with Gasteiger partial charge in [0.05, 0.1) is 31.2 Å². The highest BCUT2D eigenvalue weighted by molar-refractivity contribution is 7.19. The molecular weight excluding hydrogens is 410 g/mol. The summed E-state index contributed by atoms with van der Waals surface area (Å²) in [5, 5.41) is 11.1. The fourth-order valence-corrected chi connectivity index (χ4v) is 6.58. The Morgan fingerprint density at radius 2 is 1.90 bits per heavy atom. The maximum Gasteiger partial charge on any atom is 0.146 e. The highest BCUT2D eigenvalue weighted by atomic mass is 32.1. The van der Waals surface area contributed by atoms with Crippen LogP contribution in [0.1, 0.15) is 43.0 Å². The van der Waals surface area contributed by atoms with Crippen LogP contribution in [0.3, 0.4) is 0 Å². The fourth-order valence-electron chi connectivity index (χ4n) is 5.31. The number of aryl methyl sites for hydroxylation is 2. The number of rotatable bonds is 5. The first-order valence-electron chi connectivity index (χ1n) is 11.9. The van der Waals surface area contributed by atoms with Gasteiger partial charge in [0.2, 0.25) is 0 Å². The number of aliphatic hydroxyl groups excluding tert-OH is 1. The van der Waals surface area contributed by atoms with Gasteiger partial charge in [-0.05, 0) is 45.1 Å². The fraction of sp³-hybridized carbons (Fsp3) is 0.739. The van der Waals surface area contributed by atoms with E-state index in [0.717, 1.165) is 77.1 Å². The van der Waals surface area contributed by atoms with E-state index in [-0.39, 0.29) is 6.10 Å². The van der Waals surface area contributed by atoms with Crippen molar-refractivity contribution in [3.63, 3.8) is 0 Å². The number of piperazine rings is 1. The lowest BCUT2D eigenvalue weighted by Gasteiger charge is -2.41. The van der Waals surface area contributed by atoms with Crippen LogP contribution in [0.15, 0.2) is 0 Å². The molecule has 3 aliphatic rings. The second-order valence-corrected chi connectivity index (χ2v) is 10.5. The normalized spacial score (nSPS) is 24.5. The first-order chi connectivity index (χ1) is 15.1. The van der Waals surface area contributed by atoms with Crippen LogP contribution in [-0.4, -0.2) is 89.5 Å². The Bertz CT molecular complexity index is 911. The van der Waals surface area contributed by atoms with E-state index in [2.05, 4.69) is 21.6 Å². The van der Waals surface area contributed by atoms with Crippen LogP contribution in [-0.2, 0) is 24.1 Å². The summed E-state index contributed by atoms with van der Waals surface area (Å²) < 4.78 is 5.52. The summed E-state index contributed by atoms with van der Waals surface area (Å²) in [7, 11) is 0. The Morgan fingerprint density at radius 3 is 2.68 bits per heavy atom. The number of hydrogen-bond acceptors (Lipinski definition) is 8. The molecule has 2 aliphatic heterocycles. The number of aliphatic hydroxyl groups is 1. The number of β-amino-alcohol motifs (C(OH)–C–C–N with tert-alkyl or cyclic N) is 1. The maximum atomic E-state index is 9.82. The Kier molecular flexibility index (Phi) is 6.44. The first kappa shape index (κ1) is 21.5. The molecule has 0 bridgehead atoms. The second-order valence-electron chi connectivity index (χ2n) is 9.39. The van der Waals surface area contributed by atoms with E-state index in [4.69, 9.17) is 14.7 Å². The van der Waals surface area contributed by atoms with Gasteiger partial charge >= 0.3 is 0 Å². The summed E-state index contributed by atoms with van der Waals surface area (Å²) in [5.74, 6) is 2.10. The molecule has 2 aromatic rings. The van der Waals surface area contributed by atoms with Crippen LogP contribution in [0, 0.1) is 0 Å². The van der Waals surface area contributed by atoms with Gasteiger partial charge in [-0.3, -0.25) is 9.80 Å². The minimum absolute atomic E-state index is 0.284. The number of fused-ring (bicyclic) bond motifs is 3. The second kappa shape index (κ2) is 9.27. The Labute approximate surface area is 189 Å². The summed E-state index contributed by atoms with van der Waals surface area (Å²) in [4.78, 5) is 20.3. The molecule has 5 rings (SSSR count). The van der Waals surface area contributed by atoms with Crippen molar-refractivity contribution in [1.29, 1.82) is 0 Å². The van der Waals surface area contributed by atoms with Crippen molar-refractivity contribution in [2.75, 3.05) is 57.4 Å². The molecule has 1 aliphatic carbocycles. The molecule has 2 atom stereocenters. The molecule has 0 radical (unpaired) electrons. The van der Waals surface area contributed by atoms with E-state index < -0.39 is 0 Å². The molecule has 2 unspecified atom stereocenters. The smallest absolute Gasteiger partial charge is 0.146 e. The number of nitrogens with zero attached hydrogens (tertiary/aromatic N) is 5. The Balaban J connectivity index is 1.49. The van der Waals surface area contributed by atoms with Gasteiger partial charge in [0.1, 0.15) is 16.5 Å². The van der Waals surface area contributed by atoms with Gasteiger partial charge < -0.3 is 14.7 Å². The van der Waals surface area contributed by atoms with Crippen molar-refractivity contribution in [2.45, 2.75) is 58.2 Å². The number of morpholine rings is 1. The minimum Gasteiger partial charge on any atom is -0.392 e. The van der Waals surface area contributed by atoms with Crippen molar-refractivity contribution < 1.29 is 9.84 Å². The highest BCUT2D eigenvalue weighted by Crippen LogP contribution is 2.40. The molecule has 2 aromatic heterocycles. The standard InChI is InChI=1S/C23H35N5O2S/c1-16-13-27(14-17(2)29)7-8-28(16)22-21-18-5-3-4-6-19(18)31-23(21)25-20(24-22)15-26-9-11-30-12-10-26/h16-17,29H,3-15H2,1-2H3. The van der Waals surface area contributed by atoms with E-state index in [0.29, 0.717) is 6.04 Å². The van der Waals surface area contributed by atoms with E-state index >= 15 is 0 Å². The van der Waals surface area contributed by atoms with Gasteiger partial charge in [-0.15, -0.1) is 11.3 Å². The predicted molar refractivity (Wildman–Crippen MR) is 125 cm³/mol. The van der Waals surface area contributed by atoms with Crippen LogP contribution >= 0.6 is 11.3 Å². The van der Waals surface area contributed by atoms with Crippen molar-refractivity contribution in [3.8, 4) is 0 Å². The Morgan fingerprint density at radius 1 is 1.10 bits per heavy atom. The largest absolute Gasteiger partial charge is 0.392 e. The summed E-state index contributed by atoms with van der Waals surface area (Å²) in [6.07, 6.45) is 4.62. The van der Waals surface area contributed by atoms with Gasteiger partial charge in [-0.1, -0.05) is 0 Å². The number of anilines is 1. The lowest BCUT2D eigenvalue weighted by molar-refractivity contribution is 0.0331. The molecule has 4 heterocycles. The average molecular weight is 446 g/mol. The zero-order valence-corrected chi connectivity index (χ0v) is 19.7. The van der Waals surface area contributed by atoms with Crippen molar-refractivity contribution in [1.82, 2.24) is 19.8 Å². The number of thiophene rings is 1. The predicted octanol–water partition coefficient (Wildman–Crippen LogP) is 2.29. The van der Waals surface area contributed by atoms with Crippen molar-refractivity contribution in [3.05, 3.63) is 16.3 Å². The van der Waals surface area contributed by atoms with Gasteiger partial charge in [0.25, 0.3) is 0 Å². The van der Waals surface area contributed by atoms with Gasteiger partial charge in [-0.2, -0.15) is 0 Å². The van der Waals surface area contributed by atoms with Crippen LogP contribution < -0.4 is 4.90 Å². The molecular formula is C23H35N5O2S. The SMILES string of the molecule is CC(O)CN1CCN(c2nc(CN3CCOCC3)nc3sc4c(c23)CCCC4)C(C)C1. The molecule has 2 fully saturated rings. The molecule has 31 heavy (non-hydrogen) atoms. The van der Waals surface area contributed by atoms with E-state index in [9.17, 15) is 5.11 Å². The zero-order valence-electron chi connectivity index (χ0n) is 18.8. The van der Waals surface area contributed by atoms with E-state index in [1.54, 1.807) is 0 Å². The van der Waals surface area contributed by atoms with Gasteiger partial charge in [0, 0.05) is 50.2 Å². The zero-order chi connectivity index (χ0) is 21.4. The van der Waals surface area contributed by atoms with E-state index in [1.807, 2.05) is 18.3 Å². The van der Waals surface area contributed by atoms with Crippen LogP contribution in [0.5, 0.6) is 0 Å². The maximum absolute atomic E-state index is 9.82. The lowest BCUT2D eigenvalue weighted by Crippen LogP contribution is -2.53. The molecule has 0 saturated carbocycles. The molecule has 170 valence electrons. The molecule has 8 heteroatoms. The molecule has 0 spiro atoms. The minimum atomic E-state index is -0.284. The molecule has 7 nitrogen and oxygen atoms in total. The molecule has 1 N–H and O–H groups in total. The summed E-state index contributed by atoms with van der Waals surface area (Å²) in [5.41, 5.74) is 1.51. The summed E-state index contributed by atoms with van der Waals surface area (Å²) in [6, 6.07) is 0.362. The van der Waals surface area contributed by atoms with Crippen molar-refractivity contribution in [2.24, 2.45) is 0 Å². The van der Waals surface area contributed by atoms with E-state index in [1.165, 1.54) is 39.9 Å². The summed E-state index contributed by atoms with van der Waals surface area (Å²) >= 11 is 1.90. The number of ether oxygens (including phenoxy) is 1. The van der Waals surface area contributed by atoms with Crippen LogP contribution in [0.4, 0.5) is 5.82 Å². The topological polar surface area (TPSA) is 65.0 Å². The van der Waals surface area contributed by atoms with Gasteiger partial charge in [-0.25, -0.2) is 9.97 Å². The first-order valence-corrected chi connectivity index (χ1v) is 12.7. The third-order valence-electron chi connectivity index (χ3n) is 6.82. The van der Waals surface area contributed by atoms with Gasteiger partial charge in [0.15, 0.2) is 0 Å². The monoisotopic (exact) mass is 445 g/mol.